The first-order valence-corrected chi connectivity index (χ1v) is 8.32. The van der Waals surface area contributed by atoms with Gasteiger partial charge < -0.3 is 15.0 Å². The summed E-state index contributed by atoms with van der Waals surface area (Å²) in [7, 11) is 3.82. The van der Waals surface area contributed by atoms with E-state index in [-0.39, 0.29) is 24.4 Å². The van der Waals surface area contributed by atoms with Crippen molar-refractivity contribution in [2.45, 2.75) is 13.0 Å². The van der Waals surface area contributed by atoms with Crippen LogP contribution in [-0.4, -0.2) is 38.1 Å². The molecule has 0 bridgehead atoms. The number of hydrogen-bond acceptors (Lipinski definition) is 3. The normalized spacial score (nSPS) is 12.1. The van der Waals surface area contributed by atoms with Crippen LogP contribution in [0.15, 0.2) is 42.5 Å². The van der Waals surface area contributed by atoms with Crippen LogP contribution < -0.4 is 10.1 Å². The van der Waals surface area contributed by atoms with E-state index in [1.165, 1.54) is 12.1 Å². The lowest BCUT2D eigenvalue weighted by Crippen LogP contribution is -2.36. The van der Waals surface area contributed by atoms with Gasteiger partial charge in [-0.25, -0.2) is 4.39 Å². The minimum Gasteiger partial charge on any atom is -0.484 e. The molecule has 0 heterocycles. The van der Waals surface area contributed by atoms with E-state index in [0.29, 0.717) is 17.3 Å². The third-order valence-corrected chi connectivity index (χ3v) is 4.29. The van der Waals surface area contributed by atoms with Gasteiger partial charge >= 0.3 is 0 Å². The lowest BCUT2D eigenvalue weighted by Gasteiger charge is -2.25. The van der Waals surface area contributed by atoms with E-state index in [0.717, 1.165) is 11.1 Å². The average Bonchev–Trinajstić information content (AvgIpc) is 2.57. The van der Waals surface area contributed by atoms with Gasteiger partial charge in [0.05, 0.1) is 6.04 Å². The first-order chi connectivity index (χ1) is 11.9. The second-order valence-corrected chi connectivity index (χ2v) is 6.44. The maximum atomic E-state index is 13.1. The molecule has 0 saturated carbocycles. The second kappa shape index (κ2) is 8.83. The van der Waals surface area contributed by atoms with Crippen LogP contribution in [0.1, 0.15) is 17.2 Å². The van der Waals surface area contributed by atoms with Crippen molar-refractivity contribution in [3.05, 3.63) is 64.4 Å². The third-order valence-electron chi connectivity index (χ3n) is 3.87. The standard InChI is InChI=1S/C19H22ClFN2O2/c1-13-10-16(8-9-17(13)20)25-12-19(24)22-11-18(23(2)3)14-4-6-15(21)7-5-14/h4-10,18H,11-12H2,1-3H3,(H,22,24). The van der Waals surface area contributed by atoms with Gasteiger partial charge in [-0.1, -0.05) is 23.7 Å². The van der Waals surface area contributed by atoms with Gasteiger partial charge in [0.25, 0.3) is 5.91 Å². The number of ether oxygens (including phenoxy) is 1. The monoisotopic (exact) mass is 364 g/mol. The summed E-state index contributed by atoms with van der Waals surface area (Å²) in [5.74, 6) is 0.0956. The number of nitrogens with zero attached hydrogens (tertiary/aromatic N) is 1. The smallest absolute Gasteiger partial charge is 0.258 e. The molecule has 134 valence electrons. The second-order valence-electron chi connectivity index (χ2n) is 6.03. The molecular weight excluding hydrogens is 343 g/mol. The largest absolute Gasteiger partial charge is 0.484 e. The Balaban J connectivity index is 1.88. The average molecular weight is 365 g/mol. The van der Waals surface area contributed by atoms with E-state index >= 15 is 0 Å². The molecule has 0 fully saturated rings. The van der Waals surface area contributed by atoms with E-state index < -0.39 is 0 Å². The van der Waals surface area contributed by atoms with Gasteiger partial charge in [0.15, 0.2) is 6.61 Å². The molecule has 0 spiro atoms. The topological polar surface area (TPSA) is 41.6 Å². The van der Waals surface area contributed by atoms with Gasteiger partial charge in [0.2, 0.25) is 0 Å². The quantitative estimate of drug-likeness (QED) is 0.816. The molecule has 1 atom stereocenters. The Labute approximate surface area is 152 Å². The molecule has 4 nitrogen and oxygen atoms in total. The molecule has 2 rings (SSSR count). The zero-order chi connectivity index (χ0) is 18.4. The first-order valence-electron chi connectivity index (χ1n) is 7.94. The molecule has 0 aliphatic rings. The Morgan fingerprint density at radius 3 is 2.52 bits per heavy atom. The Morgan fingerprint density at radius 1 is 1.24 bits per heavy atom. The van der Waals surface area contributed by atoms with E-state index in [2.05, 4.69) is 5.32 Å². The van der Waals surface area contributed by atoms with Crippen molar-refractivity contribution >= 4 is 17.5 Å². The molecule has 0 aliphatic carbocycles. The minimum absolute atomic E-state index is 0.0534. The summed E-state index contributed by atoms with van der Waals surface area (Å²) in [4.78, 5) is 14.0. The molecule has 1 unspecified atom stereocenters. The van der Waals surface area contributed by atoms with Gasteiger partial charge in [-0.3, -0.25) is 4.79 Å². The number of likely N-dealkylation sites (N-methyl/N-ethyl adjacent to an activating group) is 1. The number of amides is 1. The number of carbonyl (C=O) groups is 1. The number of nitrogens with one attached hydrogen (secondary N) is 1. The summed E-state index contributed by atoms with van der Waals surface area (Å²) in [6.07, 6.45) is 0. The molecule has 0 saturated heterocycles. The van der Waals surface area contributed by atoms with Crippen LogP contribution in [0, 0.1) is 12.7 Å². The Hall–Kier alpha value is -2.11. The highest BCUT2D eigenvalue weighted by Gasteiger charge is 2.15. The minimum atomic E-state index is -0.281. The van der Waals surface area contributed by atoms with Crippen LogP contribution in [0.25, 0.3) is 0 Å². The molecule has 0 radical (unpaired) electrons. The molecule has 2 aromatic rings. The summed E-state index contributed by atoms with van der Waals surface area (Å²) >= 11 is 5.96. The van der Waals surface area contributed by atoms with Crippen molar-refractivity contribution in [1.82, 2.24) is 10.2 Å². The molecular formula is C19H22ClFN2O2. The van der Waals surface area contributed by atoms with Crippen LogP contribution in [-0.2, 0) is 4.79 Å². The Bertz CT molecular complexity index is 720. The van der Waals surface area contributed by atoms with Gasteiger partial charge in [-0.15, -0.1) is 0 Å². The molecule has 1 amide bonds. The van der Waals surface area contributed by atoms with Crippen LogP contribution in [0.5, 0.6) is 5.75 Å². The van der Waals surface area contributed by atoms with Crippen LogP contribution in [0.2, 0.25) is 5.02 Å². The molecule has 0 aliphatic heterocycles. The van der Waals surface area contributed by atoms with Crippen molar-refractivity contribution in [3.63, 3.8) is 0 Å². The van der Waals surface area contributed by atoms with Crippen molar-refractivity contribution in [1.29, 1.82) is 0 Å². The fraction of sp³-hybridized carbons (Fsp3) is 0.316. The predicted octanol–water partition coefficient (Wildman–Crippen LogP) is 3.59. The first kappa shape index (κ1) is 19.2. The Kier molecular flexibility index (Phi) is 6.79. The molecule has 2 aromatic carbocycles. The van der Waals surface area contributed by atoms with E-state index in [1.54, 1.807) is 30.3 Å². The van der Waals surface area contributed by atoms with Crippen molar-refractivity contribution < 1.29 is 13.9 Å². The highest BCUT2D eigenvalue weighted by atomic mass is 35.5. The summed E-state index contributed by atoms with van der Waals surface area (Å²) in [6.45, 7) is 2.20. The third kappa shape index (κ3) is 5.73. The lowest BCUT2D eigenvalue weighted by molar-refractivity contribution is -0.123. The SMILES string of the molecule is Cc1cc(OCC(=O)NCC(c2ccc(F)cc2)N(C)C)ccc1Cl. The lowest BCUT2D eigenvalue weighted by atomic mass is 10.1. The van der Waals surface area contributed by atoms with Crippen molar-refractivity contribution in [2.24, 2.45) is 0 Å². The molecule has 0 aromatic heterocycles. The highest BCUT2D eigenvalue weighted by Crippen LogP contribution is 2.21. The maximum Gasteiger partial charge on any atom is 0.258 e. The number of rotatable bonds is 7. The van der Waals surface area contributed by atoms with Gasteiger partial charge in [0.1, 0.15) is 11.6 Å². The van der Waals surface area contributed by atoms with Crippen LogP contribution >= 0.6 is 11.6 Å². The number of hydrogen-bond donors (Lipinski definition) is 1. The number of benzene rings is 2. The van der Waals surface area contributed by atoms with Gasteiger partial charge in [-0.2, -0.15) is 0 Å². The maximum absolute atomic E-state index is 13.1. The molecule has 1 N–H and O–H groups in total. The fourth-order valence-corrected chi connectivity index (χ4v) is 2.52. The van der Waals surface area contributed by atoms with Crippen molar-refractivity contribution in [2.75, 3.05) is 27.2 Å². The summed E-state index contributed by atoms with van der Waals surface area (Å²) in [5, 5.41) is 3.51. The Morgan fingerprint density at radius 2 is 1.92 bits per heavy atom. The number of halogens is 2. The number of aryl methyl sites for hydroxylation is 1. The molecule has 6 heteroatoms. The van der Waals surface area contributed by atoms with Gasteiger partial charge in [-0.05, 0) is 62.5 Å². The number of carbonyl (C=O) groups excluding carboxylic acids is 1. The van der Waals surface area contributed by atoms with Crippen LogP contribution in [0.4, 0.5) is 4.39 Å². The highest BCUT2D eigenvalue weighted by molar-refractivity contribution is 6.31. The van der Waals surface area contributed by atoms with Crippen LogP contribution in [0.3, 0.4) is 0 Å². The zero-order valence-electron chi connectivity index (χ0n) is 14.6. The van der Waals surface area contributed by atoms with Gasteiger partial charge in [0, 0.05) is 11.6 Å². The van der Waals surface area contributed by atoms with Crippen molar-refractivity contribution in [3.8, 4) is 5.75 Å². The van der Waals surface area contributed by atoms with E-state index in [4.69, 9.17) is 16.3 Å². The predicted molar refractivity (Wildman–Crippen MR) is 97.5 cm³/mol. The van der Waals surface area contributed by atoms with E-state index in [9.17, 15) is 9.18 Å². The van der Waals surface area contributed by atoms with E-state index in [1.807, 2.05) is 25.9 Å². The summed E-state index contributed by atoms with van der Waals surface area (Å²) in [6, 6.07) is 11.5. The fourth-order valence-electron chi connectivity index (χ4n) is 2.40. The summed E-state index contributed by atoms with van der Waals surface area (Å²) < 4.78 is 18.6. The molecule has 25 heavy (non-hydrogen) atoms. The summed E-state index contributed by atoms with van der Waals surface area (Å²) in [5.41, 5.74) is 1.82. The zero-order valence-corrected chi connectivity index (χ0v) is 15.3.